The lowest BCUT2D eigenvalue weighted by Crippen LogP contribution is -2.44. The lowest BCUT2D eigenvalue weighted by Gasteiger charge is -2.33. The summed E-state index contributed by atoms with van der Waals surface area (Å²) in [7, 11) is 0. The minimum Gasteiger partial charge on any atom is -0.490 e. The molecule has 7 nitrogen and oxygen atoms in total. The Labute approximate surface area is 229 Å². The molecule has 3 aromatic carbocycles. The van der Waals surface area contributed by atoms with Crippen LogP contribution in [-0.2, 0) is 11.2 Å². The lowest BCUT2D eigenvalue weighted by molar-refractivity contribution is 0.0127. The highest BCUT2D eigenvalue weighted by atomic mass is 16.6. The Hall–Kier alpha value is -4.05. The van der Waals surface area contributed by atoms with Gasteiger partial charge in [-0.25, -0.2) is 9.78 Å². The highest BCUT2D eigenvalue weighted by molar-refractivity contribution is 5.96. The summed E-state index contributed by atoms with van der Waals surface area (Å²) in [6.45, 7) is 9.06. The number of carbonyl (C=O) groups excluding carboxylic acids is 1. The Morgan fingerprint density at radius 3 is 2.51 bits per heavy atom. The van der Waals surface area contributed by atoms with Crippen molar-refractivity contribution in [2.45, 2.75) is 71.5 Å². The minimum absolute atomic E-state index is 0.0211. The molecular weight excluding hydrogens is 488 g/mol. The Morgan fingerprint density at radius 1 is 1.08 bits per heavy atom. The van der Waals surface area contributed by atoms with E-state index in [4.69, 9.17) is 14.5 Å². The van der Waals surface area contributed by atoms with Crippen LogP contribution in [-0.4, -0.2) is 45.3 Å². The number of imidazole rings is 1. The van der Waals surface area contributed by atoms with Crippen molar-refractivity contribution < 1.29 is 14.3 Å². The van der Waals surface area contributed by atoms with Crippen molar-refractivity contribution in [2.75, 3.05) is 13.1 Å². The number of piperidine rings is 1. The van der Waals surface area contributed by atoms with Gasteiger partial charge in [0, 0.05) is 49.2 Å². The zero-order valence-electron chi connectivity index (χ0n) is 23.2. The van der Waals surface area contributed by atoms with Gasteiger partial charge in [0.15, 0.2) is 0 Å². The fourth-order valence-electron chi connectivity index (χ4n) is 5.20. The third-order valence-corrected chi connectivity index (χ3v) is 7.11. The second-order valence-electron chi connectivity index (χ2n) is 11.2. The Morgan fingerprint density at radius 2 is 1.82 bits per heavy atom. The molecule has 1 aliphatic rings. The number of amides is 1. The molecule has 5 rings (SSSR count). The highest BCUT2D eigenvalue weighted by Crippen LogP contribution is 2.32. The van der Waals surface area contributed by atoms with E-state index < -0.39 is 5.60 Å². The van der Waals surface area contributed by atoms with Crippen LogP contribution in [0.15, 0.2) is 54.6 Å². The maximum absolute atomic E-state index is 12.4. The Balaban J connectivity index is 1.45. The minimum atomic E-state index is -0.501. The number of ether oxygens (including phenoxy) is 2. The van der Waals surface area contributed by atoms with Gasteiger partial charge in [-0.05, 0) is 51.5 Å². The number of hydrogen-bond donors (Lipinski definition) is 0. The molecule has 0 atom stereocenters. The predicted octanol–water partition coefficient (Wildman–Crippen LogP) is 7.17. The fraction of sp³-hybridized carbons (Fsp3) is 0.406. The lowest BCUT2D eigenvalue weighted by atomic mass is 10.0. The van der Waals surface area contributed by atoms with Crippen LogP contribution in [0.5, 0.6) is 5.75 Å². The molecule has 1 fully saturated rings. The average Bonchev–Trinajstić information content (AvgIpc) is 3.28. The van der Waals surface area contributed by atoms with Crippen LogP contribution in [0.25, 0.3) is 27.5 Å². The standard InChI is InChI=1S/C32H36N4O3/c1-5-6-11-30-34-27-14-13-24(38-23-16-18-35(19-17-23)31(37)39-32(2,3)4)20-29(27)36(30)28-15-12-22(21-33)25-9-7-8-10-26(25)28/h7-10,12-15,20,23H,5-6,11,16-19H2,1-4H3. The van der Waals surface area contributed by atoms with Crippen LogP contribution < -0.4 is 4.74 Å². The zero-order chi connectivity index (χ0) is 27.6. The molecule has 202 valence electrons. The normalized spacial score (nSPS) is 14.5. The van der Waals surface area contributed by atoms with Crippen molar-refractivity contribution in [3.05, 3.63) is 66.0 Å². The van der Waals surface area contributed by atoms with E-state index in [1.807, 2.05) is 63.2 Å². The van der Waals surface area contributed by atoms with E-state index in [1.54, 1.807) is 4.90 Å². The third kappa shape index (κ3) is 5.70. The van der Waals surface area contributed by atoms with Crippen LogP contribution in [0.2, 0.25) is 0 Å². The number of fused-ring (bicyclic) bond motifs is 2. The number of likely N-dealkylation sites (tertiary alicyclic amines) is 1. The van der Waals surface area contributed by atoms with Crippen molar-refractivity contribution in [1.29, 1.82) is 5.26 Å². The average molecular weight is 525 g/mol. The van der Waals surface area contributed by atoms with Gasteiger partial charge in [-0.1, -0.05) is 37.6 Å². The molecule has 1 saturated heterocycles. The first-order chi connectivity index (χ1) is 18.8. The quantitative estimate of drug-likeness (QED) is 0.267. The van der Waals surface area contributed by atoms with Crippen molar-refractivity contribution in [3.8, 4) is 17.5 Å². The number of aromatic nitrogens is 2. The summed E-state index contributed by atoms with van der Waals surface area (Å²) in [5, 5.41) is 11.6. The van der Waals surface area contributed by atoms with Gasteiger partial charge in [-0.2, -0.15) is 5.26 Å². The molecule has 39 heavy (non-hydrogen) atoms. The summed E-state index contributed by atoms with van der Waals surface area (Å²) >= 11 is 0. The summed E-state index contributed by atoms with van der Waals surface area (Å²) < 4.78 is 14.2. The second kappa shape index (κ2) is 11.0. The van der Waals surface area contributed by atoms with Crippen molar-refractivity contribution in [1.82, 2.24) is 14.5 Å². The molecule has 0 spiro atoms. The number of carbonyl (C=O) groups is 1. The molecule has 0 saturated carbocycles. The third-order valence-electron chi connectivity index (χ3n) is 7.11. The first-order valence-electron chi connectivity index (χ1n) is 13.9. The summed E-state index contributed by atoms with van der Waals surface area (Å²) in [5.74, 6) is 1.80. The first kappa shape index (κ1) is 26.6. The van der Waals surface area contributed by atoms with Gasteiger partial charge in [0.25, 0.3) is 0 Å². The summed E-state index contributed by atoms with van der Waals surface area (Å²) in [4.78, 5) is 19.2. The van der Waals surface area contributed by atoms with Gasteiger partial charge in [-0.3, -0.25) is 4.57 Å². The summed E-state index contributed by atoms with van der Waals surface area (Å²) in [5.41, 5.74) is 3.08. The van der Waals surface area contributed by atoms with Gasteiger partial charge in [-0.15, -0.1) is 0 Å². The molecule has 0 radical (unpaired) electrons. The first-order valence-corrected chi connectivity index (χ1v) is 13.9. The predicted molar refractivity (Wildman–Crippen MR) is 153 cm³/mol. The van der Waals surface area contributed by atoms with Crippen LogP contribution >= 0.6 is 0 Å². The SMILES string of the molecule is CCCCc1nc2ccc(OC3CCN(C(=O)OC(C)(C)C)CC3)cc2n1-c1ccc(C#N)c2ccccc12. The largest absolute Gasteiger partial charge is 0.490 e. The molecule has 1 amide bonds. The molecule has 2 heterocycles. The maximum atomic E-state index is 12.4. The van der Waals surface area contributed by atoms with E-state index in [0.717, 1.165) is 71.2 Å². The van der Waals surface area contributed by atoms with Crippen molar-refractivity contribution in [3.63, 3.8) is 0 Å². The van der Waals surface area contributed by atoms with Gasteiger partial charge < -0.3 is 14.4 Å². The van der Waals surface area contributed by atoms with E-state index in [0.29, 0.717) is 18.7 Å². The second-order valence-corrected chi connectivity index (χ2v) is 11.2. The molecule has 1 aromatic heterocycles. The molecular formula is C32H36N4O3. The summed E-state index contributed by atoms with van der Waals surface area (Å²) in [6, 6.07) is 20.4. The molecule has 7 heteroatoms. The van der Waals surface area contributed by atoms with Gasteiger partial charge >= 0.3 is 6.09 Å². The Kier molecular flexibility index (Phi) is 7.47. The monoisotopic (exact) mass is 524 g/mol. The highest BCUT2D eigenvalue weighted by Gasteiger charge is 2.28. The van der Waals surface area contributed by atoms with Gasteiger partial charge in [0.1, 0.15) is 23.3 Å². The van der Waals surface area contributed by atoms with Crippen LogP contribution in [0.4, 0.5) is 4.79 Å². The number of nitriles is 1. The maximum Gasteiger partial charge on any atom is 0.410 e. The number of unbranched alkanes of at least 4 members (excludes halogenated alkanes) is 1. The van der Waals surface area contributed by atoms with Crippen molar-refractivity contribution in [2.24, 2.45) is 0 Å². The van der Waals surface area contributed by atoms with E-state index in [9.17, 15) is 10.1 Å². The molecule has 0 bridgehead atoms. The number of nitrogens with zero attached hydrogens (tertiary/aromatic N) is 4. The van der Waals surface area contributed by atoms with E-state index in [-0.39, 0.29) is 12.2 Å². The Bertz CT molecular complexity index is 1540. The van der Waals surface area contributed by atoms with E-state index in [1.165, 1.54) is 0 Å². The number of benzene rings is 3. The van der Waals surface area contributed by atoms with Gasteiger partial charge in [0.2, 0.25) is 0 Å². The fourth-order valence-corrected chi connectivity index (χ4v) is 5.20. The zero-order valence-corrected chi connectivity index (χ0v) is 23.2. The van der Waals surface area contributed by atoms with Crippen LogP contribution in [0.1, 0.15) is 64.8 Å². The number of hydrogen-bond acceptors (Lipinski definition) is 5. The molecule has 4 aromatic rings. The van der Waals surface area contributed by atoms with Crippen LogP contribution in [0, 0.1) is 11.3 Å². The molecule has 1 aliphatic heterocycles. The topological polar surface area (TPSA) is 80.4 Å². The van der Waals surface area contributed by atoms with Gasteiger partial charge in [0.05, 0.1) is 28.4 Å². The van der Waals surface area contributed by atoms with E-state index >= 15 is 0 Å². The smallest absolute Gasteiger partial charge is 0.410 e. The molecule has 0 aliphatic carbocycles. The van der Waals surface area contributed by atoms with E-state index in [2.05, 4.69) is 29.7 Å². The van der Waals surface area contributed by atoms with Crippen molar-refractivity contribution >= 4 is 27.9 Å². The molecule has 0 N–H and O–H groups in total. The molecule has 0 unspecified atom stereocenters. The number of rotatable bonds is 6. The number of aryl methyl sites for hydroxylation is 1. The summed E-state index contributed by atoms with van der Waals surface area (Å²) in [6.07, 6.45) is 4.23. The van der Waals surface area contributed by atoms with Crippen LogP contribution in [0.3, 0.4) is 0 Å².